The molecule has 1 N–H and O–H groups in total. The summed E-state index contributed by atoms with van der Waals surface area (Å²) in [5.41, 5.74) is 0.403. The highest BCUT2D eigenvalue weighted by Gasteiger charge is 2.41. The van der Waals surface area contributed by atoms with Gasteiger partial charge in [-0.25, -0.2) is 4.39 Å². The molecular formula is C16H23BrFNO. The van der Waals surface area contributed by atoms with Gasteiger partial charge in [0, 0.05) is 17.1 Å². The average molecular weight is 344 g/mol. The third kappa shape index (κ3) is 3.23. The summed E-state index contributed by atoms with van der Waals surface area (Å²) in [4.78, 5) is 0. The van der Waals surface area contributed by atoms with Crippen molar-refractivity contribution in [1.29, 1.82) is 0 Å². The zero-order valence-corrected chi connectivity index (χ0v) is 13.8. The van der Waals surface area contributed by atoms with E-state index in [0.29, 0.717) is 5.56 Å². The Labute approximate surface area is 129 Å². The first-order valence-electron chi connectivity index (χ1n) is 7.36. The van der Waals surface area contributed by atoms with E-state index < -0.39 is 0 Å². The van der Waals surface area contributed by atoms with Crippen LogP contribution in [0.1, 0.15) is 50.6 Å². The van der Waals surface area contributed by atoms with Gasteiger partial charge in [0.1, 0.15) is 5.82 Å². The van der Waals surface area contributed by atoms with Crippen LogP contribution >= 0.6 is 15.9 Å². The maximum atomic E-state index is 14.3. The predicted molar refractivity (Wildman–Crippen MR) is 83.3 cm³/mol. The van der Waals surface area contributed by atoms with Crippen molar-refractivity contribution < 1.29 is 9.13 Å². The van der Waals surface area contributed by atoms with Crippen molar-refractivity contribution in [3.05, 3.63) is 34.1 Å². The molecule has 20 heavy (non-hydrogen) atoms. The van der Waals surface area contributed by atoms with E-state index in [1.807, 2.05) is 6.07 Å². The van der Waals surface area contributed by atoms with Gasteiger partial charge in [-0.1, -0.05) is 42.1 Å². The molecule has 2 nitrogen and oxygen atoms in total. The molecule has 2 rings (SSSR count). The van der Waals surface area contributed by atoms with Crippen LogP contribution < -0.4 is 5.32 Å². The standard InChI is InChI=1S/C16H23BrFNO/c1-3-19-15(13-11-12(17)7-8-14(13)18)16(20-2)9-5-4-6-10-16/h7-8,11,15,19H,3-6,9-10H2,1-2H3. The monoisotopic (exact) mass is 343 g/mol. The van der Waals surface area contributed by atoms with E-state index in [1.54, 1.807) is 13.2 Å². The molecule has 0 spiro atoms. The van der Waals surface area contributed by atoms with Gasteiger partial charge in [-0.15, -0.1) is 0 Å². The molecule has 1 aliphatic rings. The van der Waals surface area contributed by atoms with Crippen LogP contribution in [0.15, 0.2) is 22.7 Å². The summed E-state index contributed by atoms with van der Waals surface area (Å²) >= 11 is 3.44. The van der Waals surface area contributed by atoms with Crippen molar-refractivity contribution in [2.45, 2.75) is 50.7 Å². The van der Waals surface area contributed by atoms with Gasteiger partial charge in [-0.3, -0.25) is 0 Å². The first kappa shape index (κ1) is 15.9. The minimum Gasteiger partial charge on any atom is -0.376 e. The smallest absolute Gasteiger partial charge is 0.128 e. The van der Waals surface area contributed by atoms with Gasteiger partial charge in [-0.05, 0) is 37.6 Å². The lowest BCUT2D eigenvalue weighted by Gasteiger charge is -2.43. The molecule has 1 fully saturated rings. The number of ether oxygens (including phenoxy) is 1. The second kappa shape index (κ2) is 7.01. The molecule has 0 bridgehead atoms. The van der Waals surface area contributed by atoms with E-state index in [1.165, 1.54) is 12.5 Å². The first-order valence-corrected chi connectivity index (χ1v) is 8.16. The third-order valence-corrected chi connectivity index (χ3v) is 4.80. The molecule has 0 radical (unpaired) electrons. The summed E-state index contributed by atoms with van der Waals surface area (Å²) in [7, 11) is 1.76. The topological polar surface area (TPSA) is 21.3 Å². The molecule has 112 valence electrons. The maximum Gasteiger partial charge on any atom is 0.128 e. The van der Waals surface area contributed by atoms with Crippen LogP contribution in [0.4, 0.5) is 4.39 Å². The van der Waals surface area contributed by atoms with Gasteiger partial charge in [-0.2, -0.15) is 0 Å². The van der Waals surface area contributed by atoms with E-state index in [0.717, 1.165) is 36.7 Å². The van der Waals surface area contributed by atoms with Crippen LogP contribution in [-0.2, 0) is 4.74 Å². The SMILES string of the molecule is CCNC(c1cc(Br)ccc1F)C1(OC)CCCCC1. The summed E-state index contributed by atoms with van der Waals surface area (Å²) in [6.45, 7) is 2.84. The highest BCUT2D eigenvalue weighted by molar-refractivity contribution is 9.10. The second-order valence-electron chi connectivity index (χ2n) is 5.49. The van der Waals surface area contributed by atoms with E-state index >= 15 is 0 Å². The Hall–Kier alpha value is -0.450. The number of likely N-dealkylation sites (N-methyl/N-ethyl adjacent to an activating group) is 1. The minimum atomic E-state index is -0.296. The zero-order valence-electron chi connectivity index (χ0n) is 12.2. The number of benzene rings is 1. The quantitative estimate of drug-likeness (QED) is 0.844. The Morgan fingerprint density at radius 3 is 2.65 bits per heavy atom. The number of halogens is 2. The van der Waals surface area contributed by atoms with E-state index in [2.05, 4.69) is 28.2 Å². The Morgan fingerprint density at radius 2 is 2.05 bits per heavy atom. The number of hydrogen-bond acceptors (Lipinski definition) is 2. The van der Waals surface area contributed by atoms with Crippen molar-refractivity contribution in [3.63, 3.8) is 0 Å². The van der Waals surface area contributed by atoms with E-state index in [-0.39, 0.29) is 17.5 Å². The van der Waals surface area contributed by atoms with Gasteiger partial charge in [0.15, 0.2) is 0 Å². The van der Waals surface area contributed by atoms with Crippen molar-refractivity contribution in [1.82, 2.24) is 5.32 Å². The third-order valence-electron chi connectivity index (χ3n) is 4.31. The lowest BCUT2D eigenvalue weighted by atomic mass is 9.76. The van der Waals surface area contributed by atoms with Gasteiger partial charge in [0.25, 0.3) is 0 Å². The fourth-order valence-electron chi connectivity index (χ4n) is 3.28. The van der Waals surface area contributed by atoms with E-state index in [9.17, 15) is 4.39 Å². The number of rotatable bonds is 5. The number of nitrogens with one attached hydrogen (secondary N) is 1. The summed E-state index contributed by atoms with van der Waals surface area (Å²) < 4.78 is 21.1. The van der Waals surface area contributed by atoms with Crippen LogP contribution in [0.5, 0.6) is 0 Å². The van der Waals surface area contributed by atoms with Crippen LogP contribution in [0.3, 0.4) is 0 Å². The molecule has 1 atom stereocenters. The lowest BCUT2D eigenvalue weighted by molar-refractivity contribution is -0.0691. The van der Waals surface area contributed by atoms with Crippen LogP contribution in [0.25, 0.3) is 0 Å². The van der Waals surface area contributed by atoms with Crippen molar-refractivity contribution in [2.24, 2.45) is 0 Å². The zero-order chi connectivity index (χ0) is 14.6. The second-order valence-corrected chi connectivity index (χ2v) is 6.40. The summed E-state index contributed by atoms with van der Waals surface area (Å²) in [6.07, 6.45) is 5.49. The van der Waals surface area contributed by atoms with Crippen molar-refractivity contribution >= 4 is 15.9 Å². The Kier molecular flexibility index (Phi) is 5.58. The van der Waals surface area contributed by atoms with Crippen molar-refractivity contribution in [3.8, 4) is 0 Å². The van der Waals surface area contributed by atoms with Crippen LogP contribution in [0, 0.1) is 5.82 Å². The normalized spacial score (nSPS) is 19.8. The highest BCUT2D eigenvalue weighted by atomic mass is 79.9. The molecule has 0 aromatic heterocycles. The van der Waals surface area contributed by atoms with Gasteiger partial charge in [0.05, 0.1) is 11.6 Å². The molecule has 1 aliphatic carbocycles. The molecule has 1 unspecified atom stereocenters. The largest absolute Gasteiger partial charge is 0.376 e. The van der Waals surface area contributed by atoms with Gasteiger partial charge < -0.3 is 10.1 Å². The molecule has 4 heteroatoms. The Bertz CT molecular complexity index is 446. The molecule has 0 aliphatic heterocycles. The fourth-order valence-corrected chi connectivity index (χ4v) is 3.66. The maximum absolute atomic E-state index is 14.3. The summed E-state index contributed by atoms with van der Waals surface area (Å²) in [6, 6.07) is 5.03. The van der Waals surface area contributed by atoms with Crippen molar-refractivity contribution in [2.75, 3.05) is 13.7 Å². The predicted octanol–water partition coefficient (Wildman–Crippen LogP) is 4.59. The fraction of sp³-hybridized carbons (Fsp3) is 0.625. The number of hydrogen-bond donors (Lipinski definition) is 1. The molecule has 0 saturated heterocycles. The molecule has 0 heterocycles. The molecule has 1 saturated carbocycles. The van der Waals surface area contributed by atoms with Crippen LogP contribution in [0.2, 0.25) is 0 Å². The average Bonchev–Trinajstić information content (AvgIpc) is 2.48. The molecule has 1 aromatic rings. The highest BCUT2D eigenvalue weighted by Crippen LogP contribution is 2.42. The van der Waals surface area contributed by atoms with E-state index in [4.69, 9.17) is 4.74 Å². The van der Waals surface area contributed by atoms with Gasteiger partial charge in [0.2, 0.25) is 0 Å². The minimum absolute atomic E-state index is 0.102. The Balaban J connectivity index is 2.40. The molecular weight excluding hydrogens is 321 g/mol. The van der Waals surface area contributed by atoms with Crippen LogP contribution in [-0.4, -0.2) is 19.3 Å². The Morgan fingerprint density at radius 1 is 1.35 bits per heavy atom. The number of methoxy groups -OCH3 is 1. The summed E-state index contributed by atoms with van der Waals surface area (Å²) in [5.74, 6) is -0.166. The molecule has 0 amide bonds. The lowest BCUT2D eigenvalue weighted by Crippen LogP contribution is -2.47. The summed E-state index contributed by atoms with van der Waals surface area (Å²) in [5, 5.41) is 3.44. The van der Waals surface area contributed by atoms with Gasteiger partial charge >= 0.3 is 0 Å². The first-order chi connectivity index (χ1) is 9.63. The molecule has 1 aromatic carbocycles.